The molecule has 0 bridgehead atoms. The first-order valence-electron chi connectivity index (χ1n) is 9.49. The average molecular weight is 344 g/mol. The van der Waals surface area contributed by atoms with E-state index in [0.717, 1.165) is 36.9 Å². The molecule has 0 unspecified atom stereocenters. The SMILES string of the molecule is O=C1CCCCC[C@@H]1[C@H](Nc1ccc2ccccc2c1)c1ccncc1. The molecule has 1 aliphatic rings. The molecule has 3 heteroatoms. The number of fused-ring (bicyclic) bond motifs is 1. The van der Waals surface area contributed by atoms with Crippen molar-refractivity contribution in [3.63, 3.8) is 0 Å². The summed E-state index contributed by atoms with van der Waals surface area (Å²) in [4.78, 5) is 16.9. The standard InChI is InChI=1S/C23H24N2O/c26-22-9-3-1-2-8-21(22)23(18-12-14-24-15-13-18)25-20-11-10-17-6-4-5-7-19(17)16-20/h4-7,10-16,21,23,25H,1-3,8-9H2/t21-,23+/m0/s1. The summed E-state index contributed by atoms with van der Waals surface area (Å²) in [5, 5.41) is 6.10. The highest BCUT2D eigenvalue weighted by atomic mass is 16.1. The molecule has 0 saturated heterocycles. The van der Waals surface area contributed by atoms with Gasteiger partial charge in [0.15, 0.2) is 0 Å². The van der Waals surface area contributed by atoms with Gasteiger partial charge in [-0.3, -0.25) is 9.78 Å². The molecule has 1 aromatic heterocycles. The van der Waals surface area contributed by atoms with Crippen LogP contribution in [0.15, 0.2) is 67.0 Å². The monoisotopic (exact) mass is 344 g/mol. The summed E-state index contributed by atoms with van der Waals surface area (Å²) in [7, 11) is 0. The number of aromatic nitrogens is 1. The summed E-state index contributed by atoms with van der Waals surface area (Å²) in [5.74, 6) is 0.406. The Balaban J connectivity index is 1.68. The number of anilines is 1. The van der Waals surface area contributed by atoms with Gasteiger partial charge in [0.2, 0.25) is 0 Å². The second-order valence-electron chi connectivity index (χ2n) is 7.14. The Morgan fingerprint density at radius 1 is 0.923 bits per heavy atom. The van der Waals surface area contributed by atoms with Gasteiger partial charge in [0.1, 0.15) is 5.78 Å². The van der Waals surface area contributed by atoms with Gasteiger partial charge in [0.05, 0.1) is 6.04 Å². The van der Waals surface area contributed by atoms with Crippen LogP contribution in [0.3, 0.4) is 0 Å². The third-order valence-electron chi connectivity index (χ3n) is 5.39. The molecule has 3 aromatic rings. The summed E-state index contributed by atoms with van der Waals surface area (Å²) in [6.07, 6.45) is 8.57. The van der Waals surface area contributed by atoms with Crippen molar-refractivity contribution in [2.24, 2.45) is 5.92 Å². The van der Waals surface area contributed by atoms with Gasteiger partial charge in [0.25, 0.3) is 0 Å². The van der Waals surface area contributed by atoms with Gasteiger partial charge in [-0.15, -0.1) is 0 Å². The number of hydrogen-bond donors (Lipinski definition) is 1. The second kappa shape index (κ2) is 7.69. The number of nitrogens with one attached hydrogen (secondary N) is 1. The lowest BCUT2D eigenvalue weighted by molar-refractivity contribution is -0.123. The van der Waals surface area contributed by atoms with Crippen molar-refractivity contribution in [1.29, 1.82) is 0 Å². The molecule has 1 fully saturated rings. The summed E-state index contributed by atoms with van der Waals surface area (Å²) in [6.45, 7) is 0. The highest BCUT2D eigenvalue weighted by Gasteiger charge is 2.30. The van der Waals surface area contributed by atoms with Crippen LogP contribution in [0.25, 0.3) is 10.8 Å². The molecule has 3 nitrogen and oxygen atoms in total. The van der Waals surface area contributed by atoms with E-state index in [1.54, 1.807) is 0 Å². The first kappa shape index (κ1) is 16.8. The van der Waals surface area contributed by atoms with Crippen LogP contribution in [0, 0.1) is 5.92 Å². The number of Topliss-reactive ketones (excluding diaryl/α,β-unsaturated/α-hetero) is 1. The maximum atomic E-state index is 12.8. The highest BCUT2D eigenvalue weighted by Crippen LogP contribution is 2.34. The van der Waals surface area contributed by atoms with E-state index < -0.39 is 0 Å². The van der Waals surface area contributed by atoms with E-state index in [9.17, 15) is 4.79 Å². The Kier molecular flexibility index (Phi) is 4.96. The zero-order valence-corrected chi connectivity index (χ0v) is 14.9. The smallest absolute Gasteiger partial charge is 0.138 e. The van der Waals surface area contributed by atoms with E-state index in [0.29, 0.717) is 12.2 Å². The number of carbonyl (C=O) groups excluding carboxylic acids is 1. The number of pyridine rings is 1. The van der Waals surface area contributed by atoms with E-state index in [2.05, 4.69) is 52.8 Å². The van der Waals surface area contributed by atoms with Gasteiger partial charge in [0, 0.05) is 30.4 Å². The Labute approximate surface area is 154 Å². The molecule has 4 rings (SSSR count). The zero-order chi connectivity index (χ0) is 17.8. The molecule has 2 atom stereocenters. The summed E-state index contributed by atoms with van der Waals surface area (Å²) < 4.78 is 0. The summed E-state index contributed by atoms with van der Waals surface area (Å²) in [6, 6.07) is 18.8. The number of hydrogen-bond acceptors (Lipinski definition) is 3. The van der Waals surface area contributed by atoms with Crippen molar-refractivity contribution >= 4 is 22.2 Å². The van der Waals surface area contributed by atoms with Gasteiger partial charge in [-0.25, -0.2) is 0 Å². The molecule has 2 aromatic carbocycles. The van der Waals surface area contributed by atoms with Crippen molar-refractivity contribution in [3.05, 3.63) is 72.6 Å². The molecule has 1 saturated carbocycles. The van der Waals surface area contributed by atoms with Gasteiger partial charge in [-0.05, 0) is 53.4 Å². The molecule has 1 heterocycles. The molecular weight excluding hydrogens is 320 g/mol. The van der Waals surface area contributed by atoms with E-state index in [1.807, 2.05) is 24.5 Å². The van der Waals surface area contributed by atoms with Gasteiger partial charge < -0.3 is 5.32 Å². The van der Waals surface area contributed by atoms with Crippen molar-refractivity contribution in [2.75, 3.05) is 5.32 Å². The predicted octanol–water partition coefficient (Wildman–Crippen LogP) is 5.54. The molecular formula is C23H24N2O. The second-order valence-corrected chi connectivity index (χ2v) is 7.14. The van der Waals surface area contributed by atoms with Gasteiger partial charge >= 0.3 is 0 Å². The fourth-order valence-corrected chi connectivity index (χ4v) is 3.98. The fourth-order valence-electron chi connectivity index (χ4n) is 3.98. The van der Waals surface area contributed by atoms with Crippen molar-refractivity contribution < 1.29 is 4.79 Å². The van der Waals surface area contributed by atoms with E-state index in [1.165, 1.54) is 10.8 Å². The average Bonchev–Trinajstić information content (AvgIpc) is 2.91. The van der Waals surface area contributed by atoms with E-state index >= 15 is 0 Å². The van der Waals surface area contributed by atoms with Crippen molar-refractivity contribution in [1.82, 2.24) is 4.98 Å². The fraction of sp³-hybridized carbons (Fsp3) is 0.304. The number of nitrogens with zero attached hydrogens (tertiary/aromatic N) is 1. The molecule has 26 heavy (non-hydrogen) atoms. The molecule has 0 aliphatic heterocycles. The molecule has 0 radical (unpaired) electrons. The Hall–Kier alpha value is -2.68. The quantitative estimate of drug-likeness (QED) is 0.632. The van der Waals surface area contributed by atoms with Crippen LogP contribution in [0.4, 0.5) is 5.69 Å². The lowest BCUT2D eigenvalue weighted by Crippen LogP contribution is -2.27. The molecule has 0 amide bonds. The van der Waals surface area contributed by atoms with E-state index in [-0.39, 0.29) is 12.0 Å². The normalized spacial score (nSPS) is 19.1. The van der Waals surface area contributed by atoms with Crippen LogP contribution in [-0.2, 0) is 4.79 Å². The van der Waals surface area contributed by atoms with Gasteiger partial charge in [-0.2, -0.15) is 0 Å². The maximum Gasteiger partial charge on any atom is 0.138 e. The largest absolute Gasteiger partial charge is 0.377 e. The molecule has 0 spiro atoms. The number of rotatable bonds is 4. The van der Waals surface area contributed by atoms with Crippen LogP contribution in [-0.4, -0.2) is 10.8 Å². The number of carbonyl (C=O) groups is 1. The topological polar surface area (TPSA) is 42.0 Å². The predicted molar refractivity (Wildman–Crippen MR) is 106 cm³/mol. The third kappa shape index (κ3) is 3.62. The van der Waals surface area contributed by atoms with Crippen LogP contribution in [0.2, 0.25) is 0 Å². The molecule has 1 N–H and O–H groups in total. The minimum Gasteiger partial charge on any atom is -0.377 e. The van der Waals surface area contributed by atoms with Crippen LogP contribution < -0.4 is 5.32 Å². The van der Waals surface area contributed by atoms with E-state index in [4.69, 9.17) is 0 Å². The lowest BCUT2D eigenvalue weighted by Gasteiger charge is -2.28. The lowest BCUT2D eigenvalue weighted by atomic mass is 9.86. The first-order chi connectivity index (χ1) is 12.8. The summed E-state index contributed by atoms with van der Waals surface area (Å²) >= 11 is 0. The Morgan fingerprint density at radius 3 is 2.58 bits per heavy atom. The Bertz CT molecular complexity index is 891. The van der Waals surface area contributed by atoms with Gasteiger partial charge in [-0.1, -0.05) is 43.2 Å². The highest BCUT2D eigenvalue weighted by molar-refractivity contribution is 5.86. The van der Waals surface area contributed by atoms with Crippen molar-refractivity contribution in [2.45, 2.75) is 38.1 Å². The van der Waals surface area contributed by atoms with Crippen LogP contribution in [0.5, 0.6) is 0 Å². The number of benzene rings is 2. The zero-order valence-electron chi connectivity index (χ0n) is 14.9. The minimum atomic E-state index is -0.00948. The first-order valence-corrected chi connectivity index (χ1v) is 9.49. The summed E-state index contributed by atoms with van der Waals surface area (Å²) in [5.41, 5.74) is 2.19. The van der Waals surface area contributed by atoms with Crippen LogP contribution in [0.1, 0.15) is 43.7 Å². The van der Waals surface area contributed by atoms with Crippen LogP contribution >= 0.6 is 0 Å². The Morgan fingerprint density at radius 2 is 1.73 bits per heavy atom. The molecule has 1 aliphatic carbocycles. The minimum absolute atomic E-state index is 0.00948. The maximum absolute atomic E-state index is 12.8. The van der Waals surface area contributed by atoms with Crippen molar-refractivity contribution in [3.8, 4) is 0 Å². The third-order valence-corrected chi connectivity index (χ3v) is 5.39. The number of ketones is 1. The molecule has 132 valence electrons.